The van der Waals surface area contributed by atoms with Crippen molar-refractivity contribution in [3.8, 4) is 0 Å². The highest BCUT2D eigenvalue weighted by molar-refractivity contribution is 7.89. The lowest BCUT2D eigenvalue weighted by Crippen LogP contribution is -2.45. The Morgan fingerprint density at radius 1 is 1.22 bits per heavy atom. The molecular formula is C11H14F2N2O2S. The molecule has 1 aliphatic heterocycles. The summed E-state index contributed by atoms with van der Waals surface area (Å²) in [6.45, 7) is -0.623. The molecule has 0 unspecified atom stereocenters. The minimum absolute atomic E-state index is 0.00519. The van der Waals surface area contributed by atoms with Crippen LogP contribution in [0.15, 0.2) is 29.2 Å². The van der Waals surface area contributed by atoms with Gasteiger partial charge < -0.3 is 5.73 Å². The number of hydrogen-bond acceptors (Lipinski definition) is 3. The Morgan fingerprint density at radius 2 is 1.83 bits per heavy atom. The third kappa shape index (κ3) is 2.62. The maximum atomic E-state index is 13.2. The van der Waals surface area contributed by atoms with E-state index in [0.29, 0.717) is 5.69 Å². The van der Waals surface area contributed by atoms with Crippen molar-refractivity contribution in [3.05, 3.63) is 24.3 Å². The molecule has 0 spiro atoms. The van der Waals surface area contributed by atoms with Gasteiger partial charge in [-0.3, -0.25) is 0 Å². The van der Waals surface area contributed by atoms with Gasteiger partial charge in [-0.15, -0.1) is 0 Å². The van der Waals surface area contributed by atoms with Gasteiger partial charge in [-0.1, -0.05) is 0 Å². The van der Waals surface area contributed by atoms with Crippen LogP contribution in [-0.2, 0) is 10.0 Å². The first kappa shape index (κ1) is 13.2. The van der Waals surface area contributed by atoms with E-state index in [1.807, 2.05) is 0 Å². The van der Waals surface area contributed by atoms with Crippen LogP contribution in [0.2, 0.25) is 0 Å². The van der Waals surface area contributed by atoms with Gasteiger partial charge >= 0.3 is 0 Å². The molecule has 18 heavy (non-hydrogen) atoms. The summed E-state index contributed by atoms with van der Waals surface area (Å²) in [6, 6.07) is 5.54. The Kier molecular flexibility index (Phi) is 3.29. The molecule has 1 saturated heterocycles. The summed E-state index contributed by atoms with van der Waals surface area (Å²) in [5.41, 5.74) is 5.89. The van der Waals surface area contributed by atoms with Gasteiger partial charge in [0.2, 0.25) is 10.0 Å². The molecule has 0 saturated carbocycles. The third-order valence-electron chi connectivity index (χ3n) is 2.88. The number of hydrogen-bond donors (Lipinski definition) is 1. The van der Waals surface area contributed by atoms with Crippen molar-refractivity contribution >= 4 is 15.7 Å². The summed E-state index contributed by atoms with van der Waals surface area (Å²) >= 11 is 0. The Balaban J connectivity index is 2.28. The minimum Gasteiger partial charge on any atom is -0.399 e. The largest absolute Gasteiger partial charge is 0.399 e. The minimum atomic E-state index is -3.85. The number of sulfonamides is 1. The molecule has 0 amide bonds. The number of benzene rings is 1. The van der Waals surface area contributed by atoms with Crippen LogP contribution in [-0.4, -0.2) is 31.7 Å². The first-order chi connectivity index (χ1) is 8.31. The number of rotatable bonds is 2. The van der Waals surface area contributed by atoms with Crippen LogP contribution < -0.4 is 5.73 Å². The maximum Gasteiger partial charge on any atom is 0.261 e. The lowest BCUT2D eigenvalue weighted by Gasteiger charge is -2.31. The highest BCUT2D eigenvalue weighted by Crippen LogP contribution is 2.30. The molecule has 1 aromatic rings. The molecular weight excluding hydrogens is 262 g/mol. The van der Waals surface area contributed by atoms with Gasteiger partial charge in [-0.25, -0.2) is 17.2 Å². The summed E-state index contributed by atoms with van der Waals surface area (Å²) in [4.78, 5) is -0.00519. The molecule has 2 N–H and O–H groups in total. The summed E-state index contributed by atoms with van der Waals surface area (Å²) in [7, 11) is -3.85. The average molecular weight is 276 g/mol. The molecule has 0 atom stereocenters. The second-order valence-corrected chi connectivity index (χ2v) is 6.31. The first-order valence-electron chi connectivity index (χ1n) is 5.55. The van der Waals surface area contributed by atoms with Crippen LogP contribution in [0.5, 0.6) is 0 Å². The van der Waals surface area contributed by atoms with E-state index in [0.717, 1.165) is 4.31 Å². The van der Waals surface area contributed by atoms with Crippen LogP contribution >= 0.6 is 0 Å². The molecule has 0 bridgehead atoms. The molecule has 100 valence electrons. The van der Waals surface area contributed by atoms with Crippen molar-refractivity contribution < 1.29 is 17.2 Å². The predicted molar refractivity (Wildman–Crippen MR) is 63.8 cm³/mol. The number of nitrogens with zero attached hydrogens (tertiary/aromatic N) is 1. The molecule has 1 aromatic carbocycles. The molecule has 2 rings (SSSR count). The van der Waals surface area contributed by atoms with Crippen molar-refractivity contribution in [2.45, 2.75) is 23.7 Å². The molecule has 1 fully saturated rings. The first-order valence-corrected chi connectivity index (χ1v) is 6.99. The fourth-order valence-electron chi connectivity index (χ4n) is 1.92. The predicted octanol–water partition coefficient (Wildman–Crippen LogP) is 1.69. The van der Waals surface area contributed by atoms with Crippen molar-refractivity contribution in [2.75, 3.05) is 18.8 Å². The number of nitrogen functional groups attached to an aromatic ring is 1. The second-order valence-electron chi connectivity index (χ2n) is 4.37. The average Bonchev–Trinajstić information content (AvgIpc) is 2.28. The zero-order valence-electron chi connectivity index (χ0n) is 9.64. The topological polar surface area (TPSA) is 63.4 Å². The van der Waals surface area contributed by atoms with E-state index >= 15 is 0 Å². The van der Waals surface area contributed by atoms with Gasteiger partial charge in [-0.2, -0.15) is 4.31 Å². The Morgan fingerprint density at radius 3 is 2.39 bits per heavy atom. The van der Waals surface area contributed by atoms with Gasteiger partial charge in [0, 0.05) is 18.7 Å². The van der Waals surface area contributed by atoms with Gasteiger partial charge in [0.15, 0.2) is 0 Å². The van der Waals surface area contributed by atoms with Gasteiger partial charge in [0.1, 0.15) is 0 Å². The van der Waals surface area contributed by atoms with Gasteiger partial charge in [-0.05, 0) is 30.7 Å². The number of piperidine rings is 1. The van der Waals surface area contributed by atoms with Gasteiger partial charge in [0.25, 0.3) is 5.92 Å². The van der Waals surface area contributed by atoms with E-state index in [4.69, 9.17) is 5.73 Å². The van der Waals surface area contributed by atoms with E-state index in [2.05, 4.69) is 0 Å². The summed E-state index contributed by atoms with van der Waals surface area (Å²) < 4.78 is 51.6. The summed E-state index contributed by atoms with van der Waals surface area (Å²) in [6.07, 6.45) is -0.0953. The summed E-state index contributed by atoms with van der Waals surface area (Å²) in [5.74, 6) is -2.95. The number of nitrogens with two attached hydrogens (primary N) is 1. The van der Waals surface area contributed by atoms with Crippen LogP contribution in [0.1, 0.15) is 12.8 Å². The highest BCUT2D eigenvalue weighted by Gasteiger charge is 2.40. The number of halogens is 2. The maximum absolute atomic E-state index is 13.2. The zero-order chi connectivity index (χ0) is 13.4. The molecule has 0 radical (unpaired) electrons. The van der Waals surface area contributed by atoms with E-state index in [9.17, 15) is 17.2 Å². The van der Waals surface area contributed by atoms with E-state index in [-0.39, 0.29) is 24.3 Å². The van der Waals surface area contributed by atoms with Crippen molar-refractivity contribution in [1.82, 2.24) is 4.31 Å². The Labute approximate surface area is 104 Å². The third-order valence-corrected chi connectivity index (χ3v) is 4.74. The van der Waals surface area contributed by atoms with Crippen molar-refractivity contribution in [2.24, 2.45) is 0 Å². The van der Waals surface area contributed by atoms with Gasteiger partial charge in [0.05, 0.1) is 11.4 Å². The molecule has 0 aliphatic carbocycles. The Bertz CT molecular complexity index is 528. The SMILES string of the molecule is Nc1ccc(S(=O)(=O)N2CCCC(F)(F)C2)cc1. The molecule has 4 nitrogen and oxygen atoms in total. The van der Waals surface area contributed by atoms with E-state index in [1.54, 1.807) is 0 Å². The van der Waals surface area contributed by atoms with E-state index in [1.165, 1.54) is 24.3 Å². The molecule has 0 aromatic heterocycles. The lowest BCUT2D eigenvalue weighted by molar-refractivity contribution is -0.0434. The zero-order valence-corrected chi connectivity index (χ0v) is 10.5. The van der Waals surface area contributed by atoms with Crippen molar-refractivity contribution in [1.29, 1.82) is 0 Å². The smallest absolute Gasteiger partial charge is 0.261 e. The Hall–Kier alpha value is -1.21. The standard InChI is InChI=1S/C11H14F2N2O2S/c12-11(13)6-1-7-15(8-11)18(16,17)10-4-2-9(14)3-5-10/h2-5H,1,6-8,14H2. The summed E-state index contributed by atoms with van der Waals surface area (Å²) in [5, 5.41) is 0. The molecule has 1 heterocycles. The molecule has 7 heteroatoms. The fraction of sp³-hybridized carbons (Fsp3) is 0.455. The van der Waals surface area contributed by atoms with Crippen LogP contribution in [0.25, 0.3) is 0 Å². The van der Waals surface area contributed by atoms with E-state index < -0.39 is 22.5 Å². The number of alkyl halides is 2. The molecule has 1 aliphatic rings. The monoisotopic (exact) mass is 276 g/mol. The lowest BCUT2D eigenvalue weighted by atomic mass is 10.1. The second kappa shape index (κ2) is 4.47. The van der Waals surface area contributed by atoms with Crippen LogP contribution in [0.4, 0.5) is 14.5 Å². The quantitative estimate of drug-likeness (QED) is 0.836. The number of anilines is 1. The van der Waals surface area contributed by atoms with Crippen LogP contribution in [0, 0.1) is 0 Å². The van der Waals surface area contributed by atoms with Crippen LogP contribution in [0.3, 0.4) is 0 Å². The fourth-order valence-corrected chi connectivity index (χ4v) is 3.43. The van der Waals surface area contributed by atoms with Crippen molar-refractivity contribution in [3.63, 3.8) is 0 Å². The normalized spacial score (nSPS) is 20.8. The highest BCUT2D eigenvalue weighted by atomic mass is 32.2.